The summed E-state index contributed by atoms with van der Waals surface area (Å²) >= 11 is 0. The summed E-state index contributed by atoms with van der Waals surface area (Å²) in [5.41, 5.74) is 8.75. The highest BCUT2D eigenvalue weighted by Crippen LogP contribution is 2.41. The molecule has 2 saturated heterocycles. The van der Waals surface area contributed by atoms with Crippen molar-refractivity contribution in [1.82, 2.24) is 19.9 Å². The predicted octanol–water partition coefficient (Wildman–Crippen LogP) is 6.12. The molecule has 8 heteroatoms. The van der Waals surface area contributed by atoms with Crippen LogP contribution in [0.4, 0.5) is 4.39 Å². The summed E-state index contributed by atoms with van der Waals surface area (Å²) in [5, 5.41) is 10.4. The summed E-state index contributed by atoms with van der Waals surface area (Å²) in [6, 6.07) is 16.9. The summed E-state index contributed by atoms with van der Waals surface area (Å²) in [6.45, 7) is 7.04. The number of likely N-dealkylation sites (tertiary alicyclic amines) is 1. The van der Waals surface area contributed by atoms with Gasteiger partial charge in [-0.2, -0.15) is 9.87 Å². The Labute approximate surface area is 227 Å². The molecule has 0 radical (unpaired) electrons. The minimum Gasteiger partial charge on any atom is -0.478 e. The Morgan fingerprint density at radius 2 is 1.92 bits per heavy atom. The number of carboxylic acids is 1. The molecule has 2 N–H and O–H groups in total. The lowest BCUT2D eigenvalue weighted by atomic mass is 9.84. The molecule has 2 aromatic carbocycles. The first-order chi connectivity index (χ1) is 18.8. The van der Waals surface area contributed by atoms with Gasteiger partial charge in [-0.3, -0.25) is 9.74 Å². The Morgan fingerprint density at radius 3 is 2.59 bits per heavy atom. The Hall–Kier alpha value is -3.59. The van der Waals surface area contributed by atoms with E-state index < -0.39 is 11.9 Å². The molecule has 39 heavy (non-hydrogen) atoms. The van der Waals surface area contributed by atoms with Gasteiger partial charge in [0.2, 0.25) is 5.95 Å². The number of carboxylic acid groups (broad SMARTS) is 1. The second-order valence-corrected chi connectivity index (χ2v) is 11.1. The number of piperidine rings is 1. The fourth-order valence-corrected chi connectivity index (χ4v) is 6.08. The number of hydroxylamine groups is 1. The molecular weight excluding hydrogens is 495 g/mol. The first-order valence-electron chi connectivity index (χ1n) is 13.6. The topological polar surface area (TPSA) is 79.6 Å². The number of hydrogen-bond acceptors (Lipinski definition) is 5. The van der Waals surface area contributed by atoms with Gasteiger partial charge in [-0.15, -0.1) is 0 Å². The quantitative estimate of drug-likeness (QED) is 0.294. The fourth-order valence-electron chi connectivity index (χ4n) is 6.08. The summed E-state index contributed by atoms with van der Waals surface area (Å²) in [4.78, 5) is 23.8. The van der Waals surface area contributed by atoms with Gasteiger partial charge in [0.1, 0.15) is 0 Å². The number of aromatic carboxylic acids is 1. The molecule has 2 aliphatic heterocycles. The highest BCUT2D eigenvalue weighted by atomic mass is 19.1. The zero-order chi connectivity index (χ0) is 27.1. The average molecular weight is 529 g/mol. The van der Waals surface area contributed by atoms with Crippen LogP contribution in [0.3, 0.4) is 0 Å². The van der Waals surface area contributed by atoms with Crippen molar-refractivity contribution >= 4 is 16.9 Å². The summed E-state index contributed by atoms with van der Waals surface area (Å²) in [6.07, 6.45) is 6.58. The van der Waals surface area contributed by atoms with Crippen molar-refractivity contribution < 1.29 is 19.1 Å². The average Bonchev–Trinajstić information content (AvgIpc) is 3.53. The van der Waals surface area contributed by atoms with Crippen molar-refractivity contribution in [2.24, 2.45) is 0 Å². The van der Waals surface area contributed by atoms with E-state index in [1.807, 2.05) is 12.1 Å². The highest BCUT2D eigenvalue weighted by molar-refractivity contribution is 5.98. The first-order valence-corrected chi connectivity index (χ1v) is 13.6. The molecule has 4 heterocycles. The highest BCUT2D eigenvalue weighted by Gasteiger charge is 2.43. The van der Waals surface area contributed by atoms with Gasteiger partial charge in [0, 0.05) is 61.0 Å². The van der Waals surface area contributed by atoms with E-state index in [0.29, 0.717) is 11.6 Å². The van der Waals surface area contributed by atoms with Crippen LogP contribution in [-0.2, 0) is 11.4 Å². The van der Waals surface area contributed by atoms with Crippen LogP contribution >= 0.6 is 0 Å². The largest absolute Gasteiger partial charge is 0.478 e. The smallest absolute Gasteiger partial charge is 0.335 e. The maximum atomic E-state index is 13.5. The van der Waals surface area contributed by atoms with Crippen LogP contribution in [0.2, 0.25) is 0 Å². The van der Waals surface area contributed by atoms with Gasteiger partial charge in [-0.1, -0.05) is 24.3 Å². The fraction of sp³-hybridized carbons (Fsp3) is 0.355. The first kappa shape index (κ1) is 25.7. The molecule has 2 fully saturated rings. The van der Waals surface area contributed by atoms with Gasteiger partial charge in [-0.05, 0) is 73.7 Å². The molecule has 7 nitrogen and oxygen atoms in total. The van der Waals surface area contributed by atoms with Crippen LogP contribution in [0.1, 0.15) is 66.7 Å². The van der Waals surface area contributed by atoms with E-state index in [0.717, 1.165) is 55.6 Å². The number of nitrogens with one attached hydrogen (secondary N) is 1. The molecule has 202 valence electrons. The standard InChI is InChI=1S/C31H33FN4O3/c1-20(2)36-19-24(29-25(4-3-5-27(29)36)23-10-11-28(32)33-17-23)18-35-14-12-31(13-15-35)16-26(34-39-31)21-6-8-22(9-7-21)30(37)38/h3-11,17,19-20,26,34H,12-16,18H2,1-2H3,(H,37,38). The van der Waals surface area contributed by atoms with Crippen molar-refractivity contribution in [3.8, 4) is 11.1 Å². The molecular formula is C31H33FN4O3. The van der Waals surface area contributed by atoms with E-state index in [1.54, 1.807) is 24.4 Å². The lowest BCUT2D eigenvalue weighted by molar-refractivity contribution is -0.0898. The van der Waals surface area contributed by atoms with Gasteiger partial charge in [0.15, 0.2) is 0 Å². The number of benzene rings is 2. The van der Waals surface area contributed by atoms with E-state index >= 15 is 0 Å². The van der Waals surface area contributed by atoms with Gasteiger partial charge < -0.3 is 9.67 Å². The summed E-state index contributed by atoms with van der Waals surface area (Å²) < 4.78 is 15.9. The van der Waals surface area contributed by atoms with E-state index in [9.17, 15) is 14.3 Å². The van der Waals surface area contributed by atoms with Crippen LogP contribution in [0.25, 0.3) is 22.0 Å². The lowest BCUT2D eigenvalue weighted by Crippen LogP contribution is -2.44. The van der Waals surface area contributed by atoms with Crippen molar-refractivity contribution in [3.63, 3.8) is 0 Å². The number of fused-ring (bicyclic) bond motifs is 1. The predicted molar refractivity (Wildman–Crippen MR) is 148 cm³/mol. The number of rotatable bonds is 6. The SMILES string of the molecule is CC(C)n1cc(CN2CCC3(CC2)CC(c2ccc(C(=O)O)cc2)NO3)c2c(-c3ccc(F)nc3)cccc21. The molecule has 1 spiro atoms. The number of carbonyl (C=O) groups is 1. The second kappa shape index (κ2) is 10.2. The molecule has 0 saturated carbocycles. The number of nitrogens with zero attached hydrogens (tertiary/aromatic N) is 3. The number of aromatic nitrogens is 2. The molecule has 2 aliphatic rings. The maximum Gasteiger partial charge on any atom is 0.335 e. The van der Waals surface area contributed by atoms with Crippen LogP contribution in [-0.4, -0.2) is 44.2 Å². The normalized spacial score (nSPS) is 19.3. The second-order valence-electron chi connectivity index (χ2n) is 11.1. The molecule has 2 aromatic heterocycles. The minimum atomic E-state index is -0.918. The van der Waals surface area contributed by atoms with E-state index in [-0.39, 0.29) is 11.6 Å². The zero-order valence-electron chi connectivity index (χ0n) is 22.2. The third kappa shape index (κ3) is 4.95. The molecule has 1 unspecified atom stereocenters. The Morgan fingerprint density at radius 1 is 1.15 bits per heavy atom. The van der Waals surface area contributed by atoms with E-state index in [4.69, 9.17) is 4.84 Å². The van der Waals surface area contributed by atoms with Crippen molar-refractivity contribution in [2.75, 3.05) is 13.1 Å². The van der Waals surface area contributed by atoms with Crippen molar-refractivity contribution in [2.45, 2.75) is 57.3 Å². The van der Waals surface area contributed by atoms with Crippen molar-refractivity contribution in [3.05, 3.63) is 89.6 Å². The monoisotopic (exact) mass is 528 g/mol. The molecule has 4 aromatic rings. The molecule has 0 aliphatic carbocycles. The summed E-state index contributed by atoms with van der Waals surface area (Å²) in [5.74, 6) is -1.39. The van der Waals surface area contributed by atoms with Gasteiger partial charge >= 0.3 is 5.97 Å². The third-order valence-electron chi connectivity index (χ3n) is 8.25. The summed E-state index contributed by atoms with van der Waals surface area (Å²) in [7, 11) is 0. The Balaban J connectivity index is 1.19. The third-order valence-corrected chi connectivity index (χ3v) is 8.25. The lowest BCUT2D eigenvalue weighted by Gasteiger charge is -2.37. The number of pyridine rings is 1. The zero-order valence-corrected chi connectivity index (χ0v) is 22.2. The molecule has 6 rings (SSSR count). The van der Waals surface area contributed by atoms with Gasteiger partial charge in [-0.25, -0.2) is 9.78 Å². The number of halogens is 1. The molecule has 0 bridgehead atoms. The van der Waals surface area contributed by atoms with Crippen LogP contribution in [0.15, 0.2) is 67.0 Å². The van der Waals surface area contributed by atoms with Crippen molar-refractivity contribution in [1.29, 1.82) is 0 Å². The Kier molecular flexibility index (Phi) is 6.71. The molecule has 1 atom stereocenters. The van der Waals surface area contributed by atoms with Gasteiger partial charge in [0.05, 0.1) is 17.2 Å². The molecule has 0 amide bonds. The maximum absolute atomic E-state index is 13.5. The van der Waals surface area contributed by atoms with E-state index in [1.165, 1.54) is 22.5 Å². The van der Waals surface area contributed by atoms with Crippen LogP contribution in [0, 0.1) is 5.95 Å². The number of hydrogen-bond donors (Lipinski definition) is 2. The minimum absolute atomic E-state index is 0.0512. The van der Waals surface area contributed by atoms with E-state index in [2.05, 4.69) is 58.2 Å². The van der Waals surface area contributed by atoms with Gasteiger partial charge in [0.25, 0.3) is 0 Å². The van der Waals surface area contributed by atoms with Crippen LogP contribution < -0.4 is 5.48 Å². The Bertz CT molecular complexity index is 1490. The van der Waals surface area contributed by atoms with Crippen LogP contribution in [0.5, 0.6) is 0 Å².